The van der Waals surface area contributed by atoms with E-state index in [0.717, 1.165) is 10.0 Å². The number of halogens is 2. The van der Waals surface area contributed by atoms with Gasteiger partial charge >= 0.3 is 0 Å². The number of nitrogens with two attached hydrogens (primary N) is 1. The molecule has 3 nitrogen and oxygen atoms in total. The van der Waals surface area contributed by atoms with Crippen molar-refractivity contribution in [1.82, 2.24) is 0 Å². The van der Waals surface area contributed by atoms with Gasteiger partial charge in [-0.2, -0.15) is 0 Å². The van der Waals surface area contributed by atoms with E-state index in [1.54, 1.807) is 6.07 Å². The van der Waals surface area contributed by atoms with Gasteiger partial charge in [0, 0.05) is 10.2 Å². The van der Waals surface area contributed by atoms with Gasteiger partial charge in [-0.3, -0.25) is 4.79 Å². The number of amides is 1. The zero-order chi connectivity index (χ0) is 14.0. The van der Waals surface area contributed by atoms with Crippen molar-refractivity contribution in [2.24, 2.45) is 0 Å². The van der Waals surface area contributed by atoms with Crippen LogP contribution in [0.1, 0.15) is 15.9 Å². The molecule has 5 heteroatoms. The van der Waals surface area contributed by atoms with Gasteiger partial charge in [0.2, 0.25) is 0 Å². The fraction of sp³-hybridized carbons (Fsp3) is 0.0714. The maximum absolute atomic E-state index is 13.6. The summed E-state index contributed by atoms with van der Waals surface area (Å²) in [6, 6.07) is 9.37. The largest absolute Gasteiger partial charge is 0.399 e. The first-order valence-electron chi connectivity index (χ1n) is 5.60. The molecule has 2 aromatic rings. The number of rotatable bonds is 2. The van der Waals surface area contributed by atoms with E-state index in [-0.39, 0.29) is 5.56 Å². The quantitative estimate of drug-likeness (QED) is 0.828. The number of carbonyl (C=O) groups excluding carboxylic acids is 1. The van der Waals surface area contributed by atoms with Crippen LogP contribution in [0.3, 0.4) is 0 Å². The van der Waals surface area contributed by atoms with Crippen molar-refractivity contribution in [1.29, 1.82) is 0 Å². The molecule has 0 aliphatic heterocycles. The van der Waals surface area contributed by atoms with Crippen LogP contribution < -0.4 is 11.1 Å². The summed E-state index contributed by atoms with van der Waals surface area (Å²) in [5.41, 5.74) is 7.45. The Bertz CT molecular complexity index is 643. The standard InChI is InChI=1S/C14H12BrFN2O/c1-8-2-5-13(11(15)6-8)18-14(19)10-7-9(17)3-4-12(10)16/h2-7H,17H2,1H3,(H,18,19). The number of nitrogens with one attached hydrogen (secondary N) is 1. The smallest absolute Gasteiger partial charge is 0.258 e. The Morgan fingerprint density at radius 2 is 2.00 bits per heavy atom. The number of benzene rings is 2. The molecule has 0 saturated carbocycles. The number of anilines is 2. The number of hydrogen-bond donors (Lipinski definition) is 2. The minimum atomic E-state index is -0.602. The van der Waals surface area contributed by atoms with Crippen LogP contribution in [0, 0.1) is 12.7 Å². The summed E-state index contributed by atoms with van der Waals surface area (Å²) in [6.07, 6.45) is 0. The molecule has 0 saturated heterocycles. The van der Waals surface area contributed by atoms with Gasteiger partial charge in [-0.15, -0.1) is 0 Å². The first kappa shape index (κ1) is 13.5. The van der Waals surface area contributed by atoms with E-state index in [4.69, 9.17) is 5.73 Å². The normalized spacial score (nSPS) is 10.3. The van der Waals surface area contributed by atoms with Gasteiger partial charge in [-0.1, -0.05) is 6.07 Å². The summed E-state index contributed by atoms with van der Waals surface area (Å²) in [4.78, 5) is 12.0. The van der Waals surface area contributed by atoms with Gasteiger partial charge in [-0.25, -0.2) is 4.39 Å². The van der Waals surface area contributed by atoms with Crippen LogP contribution in [0.25, 0.3) is 0 Å². The summed E-state index contributed by atoms with van der Waals surface area (Å²) in [6.45, 7) is 1.94. The second-order valence-electron chi connectivity index (χ2n) is 4.18. The van der Waals surface area contributed by atoms with Crippen LogP contribution in [0.5, 0.6) is 0 Å². The van der Waals surface area contributed by atoms with E-state index in [2.05, 4.69) is 21.2 Å². The van der Waals surface area contributed by atoms with Crippen molar-refractivity contribution >= 4 is 33.2 Å². The van der Waals surface area contributed by atoms with Crippen molar-refractivity contribution in [3.63, 3.8) is 0 Å². The third-order valence-corrected chi connectivity index (χ3v) is 3.26. The summed E-state index contributed by atoms with van der Waals surface area (Å²) in [5, 5.41) is 2.64. The maximum atomic E-state index is 13.6. The molecule has 0 fully saturated rings. The van der Waals surface area contributed by atoms with Crippen molar-refractivity contribution in [3.05, 3.63) is 57.8 Å². The summed E-state index contributed by atoms with van der Waals surface area (Å²) < 4.78 is 14.3. The van der Waals surface area contributed by atoms with E-state index in [0.29, 0.717) is 11.4 Å². The average molecular weight is 323 g/mol. The lowest BCUT2D eigenvalue weighted by Crippen LogP contribution is -2.14. The summed E-state index contributed by atoms with van der Waals surface area (Å²) >= 11 is 3.35. The van der Waals surface area contributed by atoms with Gasteiger partial charge in [0.1, 0.15) is 5.82 Å². The SMILES string of the molecule is Cc1ccc(NC(=O)c2cc(N)ccc2F)c(Br)c1. The lowest BCUT2D eigenvalue weighted by Gasteiger charge is -2.09. The number of aryl methyl sites for hydroxylation is 1. The van der Waals surface area contributed by atoms with Gasteiger partial charge < -0.3 is 11.1 Å². The van der Waals surface area contributed by atoms with Gasteiger partial charge in [-0.05, 0) is 58.7 Å². The van der Waals surface area contributed by atoms with E-state index in [9.17, 15) is 9.18 Å². The topological polar surface area (TPSA) is 55.1 Å². The van der Waals surface area contributed by atoms with Crippen LogP contribution in [-0.2, 0) is 0 Å². The highest BCUT2D eigenvalue weighted by atomic mass is 79.9. The second kappa shape index (κ2) is 5.40. The highest BCUT2D eigenvalue weighted by Crippen LogP contribution is 2.24. The highest BCUT2D eigenvalue weighted by Gasteiger charge is 2.13. The summed E-state index contributed by atoms with van der Waals surface area (Å²) in [5.74, 6) is -1.13. The van der Waals surface area contributed by atoms with Gasteiger partial charge in [0.25, 0.3) is 5.91 Å². The zero-order valence-corrected chi connectivity index (χ0v) is 11.8. The van der Waals surface area contributed by atoms with Crippen molar-refractivity contribution in [2.45, 2.75) is 6.92 Å². The first-order valence-corrected chi connectivity index (χ1v) is 6.39. The van der Waals surface area contributed by atoms with Gasteiger partial charge in [0.15, 0.2) is 0 Å². The molecular weight excluding hydrogens is 311 g/mol. The third-order valence-electron chi connectivity index (χ3n) is 2.61. The minimum absolute atomic E-state index is 0.0764. The van der Waals surface area contributed by atoms with Crippen molar-refractivity contribution in [3.8, 4) is 0 Å². The zero-order valence-electron chi connectivity index (χ0n) is 10.2. The van der Waals surface area contributed by atoms with Crippen LogP contribution in [0.4, 0.5) is 15.8 Å². The fourth-order valence-corrected chi connectivity index (χ4v) is 2.22. The maximum Gasteiger partial charge on any atom is 0.258 e. The molecule has 3 N–H and O–H groups in total. The Balaban J connectivity index is 2.28. The Morgan fingerprint density at radius 3 is 2.68 bits per heavy atom. The number of hydrogen-bond acceptors (Lipinski definition) is 2. The van der Waals surface area contributed by atoms with Crippen LogP contribution in [0.2, 0.25) is 0 Å². The monoisotopic (exact) mass is 322 g/mol. The van der Waals surface area contributed by atoms with E-state index in [1.165, 1.54) is 18.2 Å². The number of carbonyl (C=O) groups is 1. The molecule has 0 unspecified atom stereocenters. The Morgan fingerprint density at radius 1 is 1.26 bits per heavy atom. The lowest BCUT2D eigenvalue weighted by atomic mass is 10.1. The van der Waals surface area contributed by atoms with Crippen LogP contribution in [-0.4, -0.2) is 5.91 Å². The van der Waals surface area contributed by atoms with Crippen LogP contribution in [0.15, 0.2) is 40.9 Å². The third kappa shape index (κ3) is 3.12. The average Bonchev–Trinajstić information content (AvgIpc) is 2.35. The fourth-order valence-electron chi connectivity index (χ4n) is 1.63. The molecule has 0 aliphatic carbocycles. The first-order chi connectivity index (χ1) is 8.97. The molecule has 2 aromatic carbocycles. The Hall–Kier alpha value is -1.88. The van der Waals surface area contributed by atoms with E-state index < -0.39 is 11.7 Å². The second-order valence-corrected chi connectivity index (χ2v) is 5.03. The molecular formula is C14H12BrFN2O. The Labute approximate surface area is 118 Å². The molecule has 0 bridgehead atoms. The minimum Gasteiger partial charge on any atom is -0.399 e. The van der Waals surface area contributed by atoms with E-state index >= 15 is 0 Å². The molecule has 0 aliphatic rings. The molecule has 0 atom stereocenters. The molecule has 19 heavy (non-hydrogen) atoms. The summed E-state index contributed by atoms with van der Waals surface area (Å²) in [7, 11) is 0. The lowest BCUT2D eigenvalue weighted by molar-refractivity contribution is 0.102. The predicted octanol–water partition coefficient (Wildman–Crippen LogP) is 3.73. The molecule has 0 radical (unpaired) electrons. The molecule has 0 aromatic heterocycles. The molecule has 1 amide bonds. The molecule has 98 valence electrons. The van der Waals surface area contributed by atoms with Crippen LogP contribution >= 0.6 is 15.9 Å². The Kier molecular flexibility index (Phi) is 3.85. The van der Waals surface area contributed by atoms with E-state index in [1.807, 2.05) is 19.1 Å². The molecule has 0 spiro atoms. The van der Waals surface area contributed by atoms with Gasteiger partial charge in [0.05, 0.1) is 11.3 Å². The molecule has 2 rings (SSSR count). The van der Waals surface area contributed by atoms with Crippen molar-refractivity contribution < 1.29 is 9.18 Å². The van der Waals surface area contributed by atoms with Crippen molar-refractivity contribution in [2.75, 3.05) is 11.1 Å². The molecule has 0 heterocycles. The predicted molar refractivity (Wildman–Crippen MR) is 77.6 cm³/mol. The highest BCUT2D eigenvalue weighted by molar-refractivity contribution is 9.10. The number of nitrogen functional groups attached to an aromatic ring is 1.